The number of hydrogen-bond acceptors (Lipinski definition) is 2. The maximum Gasteiger partial charge on any atom is 0.294 e. The van der Waals surface area contributed by atoms with Gasteiger partial charge < -0.3 is 0 Å². The predicted octanol–water partition coefficient (Wildman–Crippen LogP) is 3.61. The van der Waals surface area contributed by atoms with Crippen molar-refractivity contribution in [3.05, 3.63) is 64.7 Å². The summed E-state index contributed by atoms with van der Waals surface area (Å²) in [6.45, 7) is 3.16. The third kappa shape index (κ3) is 2.89. The SMILES string of the molecule is Cc1cc(C(F)c2ccccc2)c(C)c(S(=O)(=O)O)c1. The fourth-order valence-corrected chi connectivity index (χ4v) is 3.02. The highest BCUT2D eigenvalue weighted by Crippen LogP contribution is 2.32. The molecule has 0 aromatic heterocycles. The highest BCUT2D eigenvalue weighted by molar-refractivity contribution is 7.85. The molecule has 0 saturated heterocycles. The van der Waals surface area contributed by atoms with Crippen LogP contribution >= 0.6 is 0 Å². The number of halogens is 1. The first-order valence-corrected chi connectivity index (χ1v) is 7.52. The van der Waals surface area contributed by atoms with Crippen molar-refractivity contribution >= 4 is 10.1 Å². The molecule has 0 aliphatic rings. The van der Waals surface area contributed by atoms with Crippen molar-refractivity contribution in [1.82, 2.24) is 0 Å². The van der Waals surface area contributed by atoms with E-state index in [-0.39, 0.29) is 16.0 Å². The molecule has 1 N–H and O–H groups in total. The molecule has 1 unspecified atom stereocenters. The van der Waals surface area contributed by atoms with Crippen molar-refractivity contribution in [2.45, 2.75) is 24.9 Å². The van der Waals surface area contributed by atoms with Crippen LogP contribution in [0.3, 0.4) is 0 Å². The van der Waals surface area contributed by atoms with Crippen LogP contribution in [0.5, 0.6) is 0 Å². The Hall–Kier alpha value is -1.72. The van der Waals surface area contributed by atoms with E-state index in [0.717, 1.165) is 0 Å². The van der Waals surface area contributed by atoms with Crippen molar-refractivity contribution in [1.29, 1.82) is 0 Å². The van der Waals surface area contributed by atoms with Gasteiger partial charge in [0.2, 0.25) is 0 Å². The van der Waals surface area contributed by atoms with Crippen LogP contribution in [0.2, 0.25) is 0 Å². The number of rotatable bonds is 3. The van der Waals surface area contributed by atoms with E-state index in [4.69, 9.17) is 0 Å². The zero-order valence-corrected chi connectivity index (χ0v) is 12.0. The monoisotopic (exact) mass is 294 g/mol. The summed E-state index contributed by atoms with van der Waals surface area (Å²) in [4.78, 5) is -0.244. The van der Waals surface area contributed by atoms with Gasteiger partial charge in [-0.3, -0.25) is 4.55 Å². The van der Waals surface area contributed by atoms with Gasteiger partial charge in [0.1, 0.15) is 0 Å². The average Bonchev–Trinajstić information content (AvgIpc) is 2.40. The fraction of sp³-hybridized carbons (Fsp3) is 0.200. The maximum atomic E-state index is 14.6. The van der Waals surface area contributed by atoms with Crippen LogP contribution in [0.4, 0.5) is 4.39 Å². The summed E-state index contributed by atoms with van der Waals surface area (Å²) in [5.74, 6) is 0. The molecule has 0 aliphatic heterocycles. The lowest BCUT2D eigenvalue weighted by atomic mass is 9.97. The molecule has 2 aromatic rings. The molecular formula is C15H15FO3S. The Bertz CT molecular complexity index is 724. The van der Waals surface area contributed by atoms with Crippen LogP contribution in [0.25, 0.3) is 0 Å². The Morgan fingerprint density at radius 1 is 1.10 bits per heavy atom. The minimum atomic E-state index is -4.36. The van der Waals surface area contributed by atoms with E-state index in [2.05, 4.69) is 0 Å². The van der Waals surface area contributed by atoms with E-state index in [1.54, 1.807) is 43.3 Å². The van der Waals surface area contributed by atoms with Gasteiger partial charge in [0.15, 0.2) is 6.17 Å². The standard InChI is InChI=1S/C15H15FO3S/c1-10-8-13(11(2)14(9-10)20(17,18)19)15(16)12-6-4-3-5-7-12/h3-9,15H,1-2H3,(H,17,18,19). The number of aryl methyl sites for hydroxylation is 1. The molecule has 0 bridgehead atoms. The third-order valence-electron chi connectivity index (χ3n) is 3.19. The van der Waals surface area contributed by atoms with Gasteiger partial charge >= 0.3 is 0 Å². The molecular weight excluding hydrogens is 279 g/mol. The van der Waals surface area contributed by atoms with Crippen LogP contribution in [-0.4, -0.2) is 13.0 Å². The molecule has 1 atom stereocenters. The summed E-state index contributed by atoms with van der Waals surface area (Å²) < 4.78 is 46.5. The normalized spacial score (nSPS) is 13.2. The molecule has 3 nitrogen and oxygen atoms in total. The zero-order valence-electron chi connectivity index (χ0n) is 11.2. The van der Waals surface area contributed by atoms with Crippen molar-refractivity contribution in [3.8, 4) is 0 Å². The maximum absolute atomic E-state index is 14.6. The van der Waals surface area contributed by atoms with Gasteiger partial charge in [-0.05, 0) is 42.2 Å². The fourth-order valence-electron chi connectivity index (χ4n) is 2.19. The van der Waals surface area contributed by atoms with Gasteiger partial charge in [-0.15, -0.1) is 0 Å². The average molecular weight is 294 g/mol. The highest BCUT2D eigenvalue weighted by Gasteiger charge is 2.22. The topological polar surface area (TPSA) is 54.4 Å². The first kappa shape index (κ1) is 14.7. The van der Waals surface area contributed by atoms with Crippen molar-refractivity contribution in [3.63, 3.8) is 0 Å². The molecule has 0 spiro atoms. The van der Waals surface area contributed by atoms with Crippen LogP contribution in [0.15, 0.2) is 47.4 Å². The van der Waals surface area contributed by atoms with E-state index in [9.17, 15) is 17.4 Å². The largest absolute Gasteiger partial charge is 0.294 e. The van der Waals surface area contributed by atoms with Crippen molar-refractivity contribution in [2.75, 3.05) is 0 Å². The number of alkyl halides is 1. The first-order valence-electron chi connectivity index (χ1n) is 6.08. The molecule has 2 rings (SSSR count). The molecule has 0 radical (unpaired) electrons. The highest BCUT2D eigenvalue weighted by atomic mass is 32.2. The Morgan fingerprint density at radius 2 is 1.70 bits per heavy atom. The molecule has 5 heteroatoms. The van der Waals surface area contributed by atoms with E-state index < -0.39 is 16.3 Å². The van der Waals surface area contributed by atoms with Crippen molar-refractivity contribution in [2.24, 2.45) is 0 Å². The van der Waals surface area contributed by atoms with Crippen molar-refractivity contribution < 1.29 is 17.4 Å². The summed E-state index contributed by atoms with van der Waals surface area (Å²) in [7, 11) is -4.36. The Kier molecular flexibility index (Phi) is 3.92. The van der Waals surface area contributed by atoms with Crippen LogP contribution < -0.4 is 0 Å². The lowest BCUT2D eigenvalue weighted by molar-refractivity contribution is 0.399. The summed E-state index contributed by atoms with van der Waals surface area (Å²) in [6.07, 6.45) is -1.43. The zero-order chi connectivity index (χ0) is 14.9. The minimum Gasteiger partial charge on any atom is -0.282 e. The van der Waals surface area contributed by atoms with Crippen LogP contribution in [-0.2, 0) is 10.1 Å². The Labute approximate surface area is 117 Å². The lowest BCUT2D eigenvalue weighted by Crippen LogP contribution is -2.06. The molecule has 0 amide bonds. The molecule has 0 aliphatic carbocycles. The molecule has 2 aromatic carbocycles. The second-order valence-corrected chi connectivity index (χ2v) is 6.12. The molecule has 20 heavy (non-hydrogen) atoms. The number of benzene rings is 2. The minimum absolute atomic E-state index is 0.231. The predicted molar refractivity (Wildman–Crippen MR) is 75.1 cm³/mol. The lowest BCUT2D eigenvalue weighted by Gasteiger charge is -2.15. The van der Waals surface area contributed by atoms with Crippen LogP contribution in [0, 0.1) is 13.8 Å². The molecule has 0 saturated carbocycles. The summed E-state index contributed by atoms with van der Waals surface area (Å²) >= 11 is 0. The molecule has 0 heterocycles. The Morgan fingerprint density at radius 3 is 2.25 bits per heavy atom. The van der Waals surface area contributed by atoms with E-state index in [1.165, 1.54) is 13.0 Å². The summed E-state index contributed by atoms with van der Waals surface area (Å²) in [6, 6.07) is 11.4. The summed E-state index contributed by atoms with van der Waals surface area (Å²) in [5.41, 5.74) is 1.51. The van der Waals surface area contributed by atoms with E-state index in [1.807, 2.05) is 0 Å². The summed E-state index contributed by atoms with van der Waals surface area (Å²) in [5, 5.41) is 0. The quantitative estimate of drug-likeness (QED) is 0.880. The molecule has 106 valence electrons. The first-order chi connectivity index (χ1) is 9.30. The Balaban J connectivity index is 2.61. The molecule has 0 fully saturated rings. The second-order valence-electron chi connectivity index (χ2n) is 4.73. The van der Waals surface area contributed by atoms with Gasteiger partial charge in [0.25, 0.3) is 10.1 Å². The van der Waals surface area contributed by atoms with Gasteiger partial charge in [-0.25, -0.2) is 4.39 Å². The van der Waals surface area contributed by atoms with Gasteiger partial charge in [0, 0.05) is 0 Å². The van der Waals surface area contributed by atoms with Crippen LogP contribution in [0.1, 0.15) is 28.4 Å². The van der Waals surface area contributed by atoms with Gasteiger partial charge in [0.05, 0.1) is 4.90 Å². The smallest absolute Gasteiger partial charge is 0.282 e. The van der Waals surface area contributed by atoms with Gasteiger partial charge in [-0.1, -0.05) is 36.4 Å². The van der Waals surface area contributed by atoms with E-state index in [0.29, 0.717) is 11.1 Å². The third-order valence-corrected chi connectivity index (χ3v) is 4.17. The second kappa shape index (κ2) is 5.34. The van der Waals surface area contributed by atoms with E-state index >= 15 is 0 Å². The number of hydrogen-bond donors (Lipinski definition) is 1. The van der Waals surface area contributed by atoms with Gasteiger partial charge in [-0.2, -0.15) is 8.42 Å².